The summed E-state index contributed by atoms with van der Waals surface area (Å²) >= 11 is 0. The number of rotatable bonds is 4. The molecule has 0 aromatic heterocycles. The van der Waals surface area contributed by atoms with Crippen LogP contribution in [0.5, 0.6) is 0 Å². The summed E-state index contributed by atoms with van der Waals surface area (Å²) in [5.41, 5.74) is -1.69. The summed E-state index contributed by atoms with van der Waals surface area (Å²) in [6.45, 7) is 6.17. The highest BCUT2D eigenvalue weighted by atomic mass is 16.5. The molecule has 1 N–H and O–H groups in total. The summed E-state index contributed by atoms with van der Waals surface area (Å²) in [5, 5.41) is 9.38. The zero-order chi connectivity index (χ0) is 14.0. The largest absolute Gasteiger partial charge is 0.481 e. The van der Waals surface area contributed by atoms with Gasteiger partial charge in [0.15, 0.2) is 0 Å². The van der Waals surface area contributed by atoms with Crippen molar-refractivity contribution in [3.8, 4) is 0 Å². The van der Waals surface area contributed by atoms with E-state index in [-0.39, 0.29) is 12.5 Å². The fourth-order valence-corrected chi connectivity index (χ4v) is 2.39. The first kappa shape index (κ1) is 15.0. The fourth-order valence-electron chi connectivity index (χ4n) is 2.39. The van der Waals surface area contributed by atoms with E-state index < -0.39 is 17.0 Å². The number of amides is 1. The number of carboxylic acids is 1. The molecule has 1 aliphatic rings. The predicted octanol–water partition coefficient (Wildman–Crippen LogP) is 1.51. The van der Waals surface area contributed by atoms with E-state index in [1.807, 2.05) is 6.92 Å². The number of carboxylic acid groups (broad SMARTS) is 1. The van der Waals surface area contributed by atoms with Crippen molar-refractivity contribution >= 4 is 11.9 Å². The number of carbonyl (C=O) groups is 2. The maximum absolute atomic E-state index is 12.3. The number of hydrogen-bond donors (Lipinski definition) is 1. The van der Waals surface area contributed by atoms with Gasteiger partial charge in [0.2, 0.25) is 0 Å². The van der Waals surface area contributed by atoms with Gasteiger partial charge in [-0.2, -0.15) is 0 Å². The molecule has 1 fully saturated rings. The molecule has 1 heterocycles. The summed E-state index contributed by atoms with van der Waals surface area (Å²) in [4.78, 5) is 25.3. The number of aliphatic carboxylic acids is 1. The first-order valence-corrected chi connectivity index (χ1v) is 6.37. The molecule has 1 saturated heterocycles. The Morgan fingerprint density at radius 2 is 2.06 bits per heavy atom. The first-order chi connectivity index (χ1) is 8.29. The summed E-state index contributed by atoms with van der Waals surface area (Å²) in [6, 6.07) is 0. The molecule has 0 aromatic carbocycles. The molecule has 5 nitrogen and oxygen atoms in total. The van der Waals surface area contributed by atoms with E-state index in [0.29, 0.717) is 19.4 Å². The number of piperidine rings is 1. The van der Waals surface area contributed by atoms with E-state index in [1.165, 1.54) is 7.11 Å². The van der Waals surface area contributed by atoms with Gasteiger partial charge in [0.05, 0.1) is 5.41 Å². The summed E-state index contributed by atoms with van der Waals surface area (Å²) in [6.07, 6.45) is 1.90. The Hall–Kier alpha value is -1.10. The van der Waals surface area contributed by atoms with Crippen LogP contribution in [0.1, 0.15) is 40.0 Å². The van der Waals surface area contributed by atoms with E-state index in [9.17, 15) is 14.7 Å². The van der Waals surface area contributed by atoms with E-state index in [4.69, 9.17) is 4.74 Å². The van der Waals surface area contributed by atoms with Crippen molar-refractivity contribution in [3.05, 3.63) is 0 Å². The number of likely N-dealkylation sites (tertiary alicyclic amines) is 1. The summed E-state index contributed by atoms with van der Waals surface area (Å²) in [5.74, 6) is -0.943. The van der Waals surface area contributed by atoms with Crippen LogP contribution < -0.4 is 0 Å². The van der Waals surface area contributed by atoms with Gasteiger partial charge in [-0.3, -0.25) is 9.59 Å². The van der Waals surface area contributed by atoms with Gasteiger partial charge in [-0.1, -0.05) is 6.92 Å². The van der Waals surface area contributed by atoms with E-state index >= 15 is 0 Å². The average molecular weight is 257 g/mol. The third-order valence-electron chi connectivity index (χ3n) is 4.02. The molecule has 1 unspecified atom stereocenters. The normalized spacial score (nSPS) is 25.0. The van der Waals surface area contributed by atoms with Crippen LogP contribution in [-0.2, 0) is 14.3 Å². The quantitative estimate of drug-likeness (QED) is 0.829. The topological polar surface area (TPSA) is 66.8 Å². The molecule has 0 bridgehead atoms. The highest BCUT2D eigenvalue weighted by molar-refractivity contribution is 5.85. The SMILES string of the molecule is CCC1(C(=O)O)CCCN(C(=O)C(C)(C)OC)C1. The van der Waals surface area contributed by atoms with Crippen LogP contribution in [0.4, 0.5) is 0 Å². The molecule has 0 radical (unpaired) electrons. The second kappa shape index (κ2) is 5.26. The third-order valence-corrected chi connectivity index (χ3v) is 4.02. The molecule has 0 saturated carbocycles. The second-order valence-corrected chi connectivity index (χ2v) is 5.48. The van der Waals surface area contributed by atoms with Crippen molar-refractivity contribution in [2.75, 3.05) is 20.2 Å². The Morgan fingerprint density at radius 1 is 1.44 bits per heavy atom. The summed E-state index contributed by atoms with van der Waals surface area (Å²) < 4.78 is 5.18. The molecular weight excluding hydrogens is 234 g/mol. The molecule has 104 valence electrons. The lowest BCUT2D eigenvalue weighted by Crippen LogP contribution is -2.55. The second-order valence-electron chi connectivity index (χ2n) is 5.48. The first-order valence-electron chi connectivity index (χ1n) is 6.37. The minimum Gasteiger partial charge on any atom is -0.481 e. The van der Waals surface area contributed by atoms with Crippen molar-refractivity contribution < 1.29 is 19.4 Å². The van der Waals surface area contributed by atoms with Crippen molar-refractivity contribution in [1.82, 2.24) is 4.90 Å². The van der Waals surface area contributed by atoms with Gasteiger partial charge in [0.25, 0.3) is 5.91 Å². The van der Waals surface area contributed by atoms with Crippen molar-refractivity contribution in [2.45, 2.75) is 45.6 Å². The highest BCUT2D eigenvalue weighted by Crippen LogP contribution is 2.34. The molecule has 1 rings (SSSR count). The Kier molecular flexibility index (Phi) is 4.37. The number of ether oxygens (including phenoxy) is 1. The lowest BCUT2D eigenvalue weighted by atomic mass is 9.77. The zero-order valence-electron chi connectivity index (χ0n) is 11.7. The van der Waals surface area contributed by atoms with Gasteiger partial charge in [0.1, 0.15) is 5.60 Å². The lowest BCUT2D eigenvalue weighted by molar-refractivity contribution is -0.162. The maximum atomic E-state index is 12.3. The number of nitrogens with zero attached hydrogens (tertiary/aromatic N) is 1. The van der Waals surface area contributed by atoms with E-state index in [1.54, 1.807) is 18.7 Å². The number of methoxy groups -OCH3 is 1. The van der Waals surface area contributed by atoms with Crippen LogP contribution in [0, 0.1) is 5.41 Å². The standard InChI is InChI=1S/C13H23NO4/c1-5-13(11(16)17)7-6-8-14(9-13)10(15)12(2,3)18-4/h5-9H2,1-4H3,(H,16,17). The predicted molar refractivity (Wildman–Crippen MR) is 67.3 cm³/mol. The van der Waals surface area contributed by atoms with Crippen molar-refractivity contribution in [2.24, 2.45) is 5.41 Å². The Labute approximate surface area is 108 Å². The minimum absolute atomic E-state index is 0.135. The molecule has 0 spiro atoms. The molecule has 5 heteroatoms. The van der Waals surface area contributed by atoms with Crippen LogP contribution in [-0.4, -0.2) is 47.7 Å². The van der Waals surface area contributed by atoms with Crippen LogP contribution in [0.15, 0.2) is 0 Å². The molecule has 1 aliphatic heterocycles. The van der Waals surface area contributed by atoms with Crippen LogP contribution in [0.2, 0.25) is 0 Å². The molecule has 0 aromatic rings. The molecule has 0 aliphatic carbocycles. The smallest absolute Gasteiger partial charge is 0.311 e. The minimum atomic E-state index is -0.894. The highest BCUT2D eigenvalue weighted by Gasteiger charge is 2.44. The number of carbonyl (C=O) groups excluding carboxylic acids is 1. The van der Waals surface area contributed by atoms with Crippen LogP contribution in [0.3, 0.4) is 0 Å². The van der Waals surface area contributed by atoms with Gasteiger partial charge >= 0.3 is 5.97 Å². The van der Waals surface area contributed by atoms with E-state index in [2.05, 4.69) is 0 Å². The van der Waals surface area contributed by atoms with Gasteiger partial charge < -0.3 is 14.7 Å². The Morgan fingerprint density at radius 3 is 2.50 bits per heavy atom. The Bertz CT molecular complexity index is 340. The maximum Gasteiger partial charge on any atom is 0.311 e. The molecular formula is C13H23NO4. The lowest BCUT2D eigenvalue weighted by Gasteiger charge is -2.41. The van der Waals surface area contributed by atoms with Gasteiger partial charge in [-0.05, 0) is 33.1 Å². The Balaban J connectivity index is 2.87. The van der Waals surface area contributed by atoms with Crippen LogP contribution in [0.25, 0.3) is 0 Å². The zero-order valence-corrected chi connectivity index (χ0v) is 11.7. The third kappa shape index (κ3) is 2.66. The fraction of sp³-hybridized carbons (Fsp3) is 0.846. The van der Waals surface area contributed by atoms with Gasteiger partial charge in [0, 0.05) is 20.2 Å². The van der Waals surface area contributed by atoms with Crippen molar-refractivity contribution in [3.63, 3.8) is 0 Å². The molecule has 1 atom stereocenters. The number of hydrogen-bond acceptors (Lipinski definition) is 3. The monoisotopic (exact) mass is 257 g/mol. The van der Waals surface area contributed by atoms with Crippen molar-refractivity contribution in [1.29, 1.82) is 0 Å². The molecule has 1 amide bonds. The summed E-state index contributed by atoms with van der Waals surface area (Å²) in [7, 11) is 1.49. The van der Waals surface area contributed by atoms with E-state index in [0.717, 1.165) is 6.42 Å². The van der Waals surface area contributed by atoms with Crippen LogP contribution >= 0.6 is 0 Å². The molecule has 18 heavy (non-hydrogen) atoms. The average Bonchev–Trinajstić information content (AvgIpc) is 2.37. The van der Waals surface area contributed by atoms with Gasteiger partial charge in [-0.25, -0.2) is 0 Å². The van der Waals surface area contributed by atoms with Gasteiger partial charge in [-0.15, -0.1) is 0 Å².